The molecule has 0 aliphatic rings. The third-order valence-corrected chi connectivity index (χ3v) is 3.82. The number of carbonyl (C=O) groups excluding carboxylic acids is 3. The van der Waals surface area contributed by atoms with Gasteiger partial charge < -0.3 is 25.0 Å². The molecule has 3 N–H and O–H groups in total. The Morgan fingerprint density at radius 2 is 1.48 bits per heavy atom. The van der Waals surface area contributed by atoms with Gasteiger partial charge in [-0.1, -0.05) is 0 Å². The number of ether oxygens (including phenoxy) is 2. The van der Waals surface area contributed by atoms with Crippen molar-refractivity contribution < 1.29 is 34.1 Å². The minimum Gasteiger partial charge on any atom is -0.504 e. The van der Waals surface area contributed by atoms with Crippen LogP contribution in [0, 0.1) is 6.92 Å². The molecule has 9 heteroatoms. The average Bonchev–Trinajstić information content (AvgIpc) is 2.67. The van der Waals surface area contributed by atoms with E-state index in [1.165, 1.54) is 6.92 Å². The molecule has 9 nitrogen and oxygen atoms in total. The van der Waals surface area contributed by atoms with Gasteiger partial charge in [0.15, 0.2) is 11.5 Å². The number of hydrogen-bond donors (Lipinski definition) is 3. The Hall–Kier alpha value is -3.10. The van der Waals surface area contributed by atoms with E-state index < -0.39 is 52.0 Å². The topological polar surface area (TPSA) is 139 Å². The minimum atomic E-state index is -1.19. The van der Waals surface area contributed by atoms with Crippen LogP contribution in [0.25, 0.3) is 0 Å². The van der Waals surface area contributed by atoms with Crippen molar-refractivity contribution in [3.8, 4) is 11.5 Å². The normalized spacial score (nSPS) is 12.6. The molecule has 0 saturated heterocycles. The number of carbonyl (C=O) groups is 3. The Morgan fingerprint density at radius 1 is 0.968 bits per heavy atom. The van der Waals surface area contributed by atoms with Crippen LogP contribution in [-0.2, 0) is 19.1 Å². The number of aryl methyl sites for hydroxylation is 1. The van der Waals surface area contributed by atoms with Gasteiger partial charge in [-0.2, -0.15) is 0 Å². The first-order chi connectivity index (χ1) is 14.0. The maximum Gasteiger partial charge on any atom is 0.329 e. The zero-order valence-corrected chi connectivity index (χ0v) is 19.0. The Kier molecular flexibility index (Phi) is 8.20. The van der Waals surface area contributed by atoms with E-state index in [9.17, 15) is 29.4 Å². The van der Waals surface area contributed by atoms with Crippen LogP contribution in [0.1, 0.15) is 70.3 Å². The summed E-state index contributed by atoms with van der Waals surface area (Å²) in [6.07, 6.45) is -0.239. The quantitative estimate of drug-likeness (QED) is 0.576. The highest BCUT2D eigenvalue weighted by atomic mass is 16.6. The summed E-state index contributed by atoms with van der Waals surface area (Å²) in [5.74, 6) is -3.63. The molecule has 1 rings (SSSR count). The number of aromatic hydroxyl groups is 2. The Bertz CT molecular complexity index is 909. The fourth-order valence-corrected chi connectivity index (χ4v) is 2.55. The molecule has 0 aromatic heterocycles. The van der Waals surface area contributed by atoms with Crippen molar-refractivity contribution >= 4 is 17.8 Å². The highest BCUT2D eigenvalue weighted by molar-refractivity contribution is 5.98. The van der Waals surface area contributed by atoms with Crippen LogP contribution < -0.4 is 10.7 Å². The van der Waals surface area contributed by atoms with Crippen LogP contribution >= 0.6 is 0 Å². The molecule has 1 atom stereocenters. The number of hydrogen-bond acceptors (Lipinski definition) is 8. The van der Waals surface area contributed by atoms with Crippen LogP contribution in [0.15, 0.2) is 16.9 Å². The summed E-state index contributed by atoms with van der Waals surface area (Å²) >= 11 is 0. The van der Waals surface area contributed by atoms with E-state index >= 15 is 0 Å². The summed E-state index contributed by atoms with van der Waals surface area (Å²) < 4.78 is 10.6. The van der Waals surface area contributed by atoms with Crippen molar-refractivity contribution in [1.82, 2.24) is 5.32 Å². The summed E-state index contributed by atoms with van der Waals surface area (Å²) in [7, 11) is 0. The fraction of sp³-hybridized carbons (Fsp3) is 0.545. The molecule has 0 fully saturated rings. The summed E-state index contributed by atoms with van der Waals surface area (Å²) in [6.45, 7) is 11.6. The van der Waals surface area contributed by atoms with Gasteiger partial charge in [-0.05, 0) is 72.6 Å². The zero-order chi connectivity index (χ0) is 24.1. The second-order valence-corrected chi connectivity index (χ2v) is 9.17. The first-order valence-electron chi connectivity index (χ1n) is 9.82. The van der Waals surface area contributed by atoms with Gasteiger partial charge in [0.25, 0.3) is 11.3 Å². The fourth-order valence-electron chi connectivity index (χ4n) is 2.55. The number of esters is 2. The molecule has 0 saturated carbocycles. The number of rotatable bonds is 6. The lowest BCUT2D eigenvalue weighted by Gasteiger charge is -2.25. The summed E-state index contributed by atoms with van der Waals surface area (Å²) in [5.41, 5.74) is -2.49. The van der Waals surface area contributed by atoms with E-state index in [4.69, 9.17) is 9.47 Å². The van der Waals surface area contributed by atoms with Crippen LogP contribution in [0.5, 0.6) is 11.5 Å². The van der Waals surface area contributed by atoms with Gasteiger partial charge in [-0.15, -0.1) is 0 Å². The van der Waals surface area contributed by atoms with Crippen LogP contribution in [0.2, 0.25) is 0 Å². The van der Waals surface area contributed by atoms with Crippen LogP contribution in [-0.4, -0.2) is 45.3 Å². The van der Waals surface area contributed by atoms with Crippen molar-refractivity contribution in [3.05, 3.63) is 33.5 Å². The molecule has 0 radical (unpaired) electrons. The van der Waals surface area contributed by atoms with Crippen LogP contribution in [0.3, 0.4) is 0 Å². The molecule has 31 heavy (non-hydrogen) atoms. The van der Waals surface area contributed by atoms with Gasteiger partial charge in [-0.3, -0.25) is 14.4 Å². The van der Waals surface area contributed by atoms with Crippen molar-refractivity contribution in [3.63, 3.8) is 0 Å². The van der Waals surface area contributed by atoms with Crippen molar-refractivity contribution in [2.75, 3.05) is 0 Å². The Balaban J connectivity index is 3.15. The monoisotopic (exact) mass is 437 g/mol. The maximum absolute atomic E-state index is 12.8. The smallest absolute Gasteiger partial charge is 0.329 e. The highest BCUT2D eigenvalue weighted by Crippen LogP contribution is 2.18. The molecule has 1 unspecified atom stereocenters. The second-order valence-electron chi connectivity index (χ2n) is 9.17. The lowest BCUT2D eigenvalue weighted by molar-refractivity contribution is -0.158. The third kappa shape index (κ3) is 8.65. The minimum absolute atomic E-state index is 0.0857. The Morgan fingerprint density at radius 3 is 2.00 bits per heavy atom. The number of nitrogens with one attached hydrogen (secondary N) is 1. The van der Waals surface area contributed by atoms with Crippen LogP contribution in [0.4, 0.5) is 0 Å². The molecule has 1 amide bonds. The molecule has 0 spiro atoms. The molecule has 172 valence electrons. The summed E-state index contributed by atoms with van der Waals surface area (Å²) in [5, 5.41) is 21.9. The SMILES string of the molecule is Cc1cc(O)c(=O)c(O)cc1C(=O)NC(CCC(=O)OC(C)(C)C)C(=O)OC(C)(C)C. The van der Waals surface area contributed by atoms with Crippen molar-refractivity contribution in [2.24, 2.45) is 0 Å². The average molecular weight is 437 g/mol. The summed E-state index contributed by atoms with van der Waals surface area (Å²) in [4.78, 5) is 49.2. The second kappa shape index (κ2) is 9.80. The molecule has 0 aliphatic heterocycles. The van der Waals surface area contributed by atoms with E-state index in [-0.39, 0.29) is 24.0 Å². The van der Waals surface area contributed by atoms with Gasteiger partial charge >= 0.3 is 11.9 Å². The maximum atomic E-state index is 12.8. The first-order valence-corrected chi connectivity index (χ1v) is 9.82. The third-order valence-electron chi connectivity index (χ3n) is 3.82. The van der Waals surface area contributed by atoms with E-state index in [1.807, 2.05) is 0 Å². The van der Waals surface area contributed by atoms with Gasteiger partial charge in [0.1, 0.15) is 17.2 Å². The summed E-state index contributed by atoms with van der Waals surface area (Å²) in [6, 6.07) is 0.763. The molecular formula is C22H31NO8. The largest absolute Gasteiger partial charge is 0.504 e. The van der Waals surface area contributed by atoms with Gasteiger partial charge in [0.05, 0.1) is 0 Å². The lowest BCUT2D eigenvalue weighted by atomic mass is 10.1. The van der Waals surface area contributed by atoms with E-state index in [1.54, 1.807) is 41.5 Å². The predicted octanol–water partition coefficient (Wildman–Crippen LogP) is 2.33. The van der Waals surface area contributed by atoms with Gasteiger partial charge in [-0.25, -0.2) is 4.79 Å². The van der Waals surface area contributed by atoms with E-state index in [2.05, 4.69) is 5.32 Å². The molecule has 1 aromatic carbocycles. The van der Waals surface area contributed by atoms with Crippen molar-refractivity contribution in [1.29, 1.82) is 0 Å². The molecule has 0 bridgehead atoms. The highest BCUT2D eigenvalue weighted by Gasteiger charge is 2.29. The molecular weight excluding hydrogens is 406 g/mol. The first kappa shape index (κ1) is 25.9. The molecule has 1 aromatic rings. The lowest BCUT2D eigenvalue weighted by Crippen LogP contribution is -2.44. The molecule has 0 heterocycles. The Labute approximate surface area is 181 Å². The van der Waals surface area contributed by atoms with Gasteiger partial charge in [0.2, 0.25) is 0 Å². The number of amides is 1. The van der Waals surface area contributed by atoms with Crippen molar-refractivity contribution in [2.45, 2.75) is 78.6 Å². The zero-order valence-electron chi connectivity index (χ0n) is 19.0. The standard InChI is InChI=1S/C22H31NO8/c1-12-10-15(24)18(27)16(25)11-13(12)19(28)23-14(20(29)31-22(5,6)7)8-9-17(26)30-21(2,3)4/h10-11,14H,8-9H2,1-7H3,(H,23,28)(H2,24,25,27). The van der Waals surface area contributed by atoms with Gasteiger partial charge in [0, 0.05) is 12.0 Å². The predicted molar refractivity (Wildman–Crippen MR) is 113 cm³/mol. The van der Waals surface area contributed by atoms with E-state index in [0.29, 0.717) is 0 Å². The molecule has 0 aliphatic carbocycles. The van der Waals surface area contributed by atoms with E-state index in [0.717, 1.165) is 12.1 Å².